The number of benzene rings is 1. The SMILES string of the molecule is CC(C)Cc1ccc2cccc(Cl)c2n1. The van der Waals surface area contributed by atoms with Gasteiger partial charge >= 0.3 is 0 Å². The highest BCUT2D eigenvalue weighted by molar-refractivity contribution is 6.35. The Bertz CT molecular complexity index is 477. The van der Waals surface area contributed by atoms with E-state index in [1.165, 1.54) is 0 Å². The highest BCUT2D eigenvalue weighted by atomic mass is 35.5. The van der Waals surface area contributed by atoms with Gasteiger partial charge in [0.2, 0.25) is 0 Å². The molecule has 2 aromatic rings. The standard InChI is InChI=1S/C13H14ClN/c1-9(2)8-11-7-6-10-4-3-5-12(14)13(10)15-11/h3-7,9H,8H2,1-2H3. The van der Waals surface area contributed by atoms with Crippen LogP contribution in [-0.4, -0.2) is 4.98 Å². The number of hydrogen-bond donors (Lipinski definition) is 0. The zero-order valence-electron chi connectivity index (χ0n) is 9.00. The second-order valence-corrected chi connectivity index (χ2v) is 4.62. The Labute approximate surface area is 95.1 Å². The molecule has 1 aromatic heterocycles. The van der Waals surface area contributed by atoms with E-state index in [9.17, 15) is 0 Å². The average molecular weight is 220 g/mol. The zero-order chi connectivity index (χ0) is 10.8. The Kier molecular flexibility index (Phi) is 2.92. The molecule has 0 saturated heterocycles. The van der Waals surface area contributed by atoms with Crippen molar-refractivity contribution in [3.8, 4) is 0 Å². The van der Waals surface area contributed by atoms with Crippen molar-refractivity contribution < 1.29 is 0 Å². The summed E-state index contributed by atoms with van der Waals surface area (Å²) in [7, 11) is 0. The lowest BCUT2D eigenvalue weighted by Crippen LogP contribution is -1.97. The van der Waals surface area contributed by atoms with Crippen LogP contribution in [-0.2, 0) is 6.42 Å². The van der Waals surface area contributed by atoms with Crippen LogP contribution < -0.4 is 0 Å². The summed E-state index contributed by atoms with van der Waals surface area (Å²) in [4.78, 5) is 4.58. The number of halogens is 1. The van der Waals surface area contributed by atoms with E-state index in [1.807, 2.05) is 18.2 Å². The van der Waals surface area contributed by atoms with E-state index in [0.29, 0.717) is 5.92 Å². The third kappa shape index (κ3) is 2.29. The van der Waals surface area contributed by atoms with Gasteiger partial charge in [0.15, 0.2) is 0 Å². The maximum absolute atomic E-state index is 6.10. The monoisotopic (exact) mass is 219 g/mol. The molecular formula is C13H14ClN. The molecule has 2 heteroatoms. The van der Waals surface area contributed by atoms with Gasteiger partial charge in [-0.15, -0.1) is 0 Å². The average Bonchev–Trinajstić information content (AvgIpc) is 2.18. The number of pyridine rings is 1. The van der Waals surface area contributed by atoms with Crippen LogP contribution in [0.5, 0.6) is 0 Å². The topological polar surface area (TPSA) is 12.9 Å². The van der Waals surface area contributed by atoms with Crippen molar-refractivity contribution in [1.29, 1.82) is 0 Å². The predicted octanol–water partition coefficient (Wildman–Crippen LogP) is 4.09. The van der Waals surface area contributed by atoms with Crippen LogP contribution in [0.15, 0.2) is 30.3 Å². The summed E-state index contributed by atoms with van der Waals surface area (Å²) < 4.78 is 0. The fourth-order valence-corrected chi connectivity index (χ4v) is 1.91. The third-order valence-electron chi connectivity index (χ3n) is 2.35. The van der Waals surface area contributed by atoms with Crippen molar-refractivity contribution in [3.63, 3.8) is 0 Å². The first-order valence-corrected chi connectivity index (χ1v) is 5.59. The van der Waals surface area contributed by atoms with Crippen LogP contribution in [0.3, 0.4) is 0 Å². The Morgan fingerprint density at radius 2 is 2.00 bits per heavy atom. The quantitative estimate of drug-likeness (QED) is 0.742. The summed E-state index contributed by atoms with van der Waals surface area (Å²) in [5.41, 5.74) is 2.03. The fraction of sp³-hybridized carbons (Fsp3) is 0.308. The van der Waals surface area contributed by atoms with Crippen LogP contribution >= 0.6 is 11.6 Å². The highest BCUT2D eigenvalue weighted by Crippen LogP contribution is 2.22. The Morgan fingerprint density at radius 3 is 2.73 bits per heavy atom. The molecule has 2 rings (SSSR count). The molecule has 15 heavy (non-hydrogen) atoms. The number of hydrogen-bond acceptors (Lipinski definition) is 1. The van der Waals surface area contributed by atoms with Gasteiger partial charge in [0, 0.05) is 11.1 Å². The molecular weight excluding hydrogens is 206 g/mol. The Hall–Kier alpha value is -1.08. The van der Waals surface area contributed by atoms with E-state index in [2.05, 4.69) is 31.0 Å². The van der Waals surface area contributed by atoms with Crippen LogP contribution in [0.25, 0.3) is 10.9 Å². The Balaban J connectivity index is 2.50. The molecule has 0 N–H and O–H groups in total. The smallest absolute Gasteiger partial charge is 0.0891 e. The molecule has 0 fully saturated rings. The molecule has 0 atom stereocenters. The zero-order valence-corrected chi connectivity index (χ0v) is 9.75. The van der Waals surface area contributed by atoms with E-state index in [1.54, 1.807) is 0 Å². The third-order valence-corrected chi connectivity index (χ3v) is 2.65. The summed E-state index contributed by atoms with van der Waals surface area (Å²) in [6.45, 7) is 4.39. The van der Waals surface area contributed by atoms with Gasteiger partial charge in [0.05, 0.1) is 10.5 Å². The number of fused-ring (bicyclic) bond motifs is 1. The van der Waals surface area contributed by atoms with Crippen molar-refractivity contribution in [2.24, 2.45) is 5.92 Å². The van der Waals surface area contributed by atoms with Crippen molar-refractivity contribution in [2.75, 3.05) is 0 Å². The summed E-state index contributed by atoms with van der Waals surface area (Å²) >= 11 is 6.10. The van der Waals surface area contributed by atoms with Crippen LogP contribution in [0, 0.1) is 5.92 Å². The minimum Gasteiger partial charge on any atom is -0.251 e. The summed E-state index contributed by atoms with van der Waals surface area (Å²) in [6, 6.07) is 10.0. The molecule has 1 aromatic carbocycles. The van der Waals surface area contributed by atoms with Gasteiger partial charge in [0.1, 0.15) is 0 Å². The van der Waals surface area contributed by atoms with Crippen molar-refractivity contribution >= 4 is 22.5 Å². The molecule has 0 aliphatic rings. The number of aromatic nitrogens is 1. The summed E-state index contributed by atoms with van der Waals surface area (Å²) in [6.07, 6.45) is 1.00. The van der Waals surface area contributed by atoms with Gasteiger partial charge in [-0.2, -0.15) is 0 Å². The Morgan fingerprint density at radius 1 is 1.20 bits per heavy atom. The van der Waals surface area contributed by atoms with Gasteiger partial charge in [-0.05, 0) is 24.5 Å². The van der Waals surface area contributed by atoms with Gasteiger partial charge < -0.3 is 0 Å². The summed E-state index contributed by atoms with van der Waals surface area (Å²) in [5, 5.41) is 1.84. The molecule has 1 heterocycles. The molecule has 0 amide bonds. The minimum atomic E-state index is 0.623. The van der Waals surface area contributed by atoms with E-state index < -0.39 is 0 Å². The molecule has 1 nitrogen and oxygen atoms in total. The van der Waals surface area contributed by atoms with Crippen LogP contribution in [0.2, 0.25) is 5.02 Å². The first kappa shape index (κ1) is 10.4. The summed E-state index contributed by atoms with van der Waals surface area (Å²) in [5.74, 6) is 0.623. The molecule has 0 bridgehead atoms. The fourth-order valence-electron chi connectivity index (χ4n) is 1.68. The van der Waals surface area contributed by atoms with E-state index >= 15 is 0 Å². The number of nitrogens with zero attached hydrogens (tertiary/aromatic N) is 1. The van der Waals surface area contributed by atoms with E-state index in [4.69, 9.17) is 11.6 Å². The number of rotatable bonds is 2. The highest BCUT2D eigenvalue weighted by Gasteiger charge is 2.03. The lowest BCUT2D eigenvalue weighted by Gasteiger charge is -2.06. The van der Waals surface area contributed by atoms with Crippen LogP contribution in [0.1, 0.15) is 19.5 Å². The molecule has 0 aliphatic carbocycles. The largest absolute Gasteiger partial charge is 0.251 e. The van der Waals surface area contributed by atoms with Crippen LogP contribution in [0.4, 0.5) is 0 Å². The molecule has 0 radical (unpaired) electrons. The van der Waals surface area contributed by atoms with Gasteiger partial charge in [0.25, 0.3) is 0 Å². The minimum absolute atomic E-state index is 0.623. The van der Waals surface area contributed by atoms with Crippen molar-refractivity contribution in [2.45, 2.75) is 20.3 Å². The van der Waals surface area contributed by atoms with Crippen molar-refractivity contribution in [1.82, 2.24) is 4.98 Å². The molecule has 78 valence electrons. The lowest BCUT2D eigenvalue weighted by molar-refractivity contribution is 0.637. The van der Waals surface area contributed by atoms with Crippen molar-refractivity contribution in [3.05, 3.63) is 41.0 Å². The first-order chi connectivity index (χ1) is 7.16. The maximum Gasteiger partial charge on any atom is 0.0891 e. The second-order valence-electron chi connectivity index (χ2n) is 4.21. The second kappa shape index (κ2) is 4.19. The first-order valence-electron chi connectivity index (χ1n) is 5.21. The van der Waals surface area contributed by atoms with E-state index in [-0.39, 0.29) is 0 Å². The van der Waals surface area contributed by atoms with E-state index in [0.717, 1.165) is 28.0 Å². The lowest BCUT2D eigenvalue weighted by atomic mass is 10.1. The molecule has 0 aliphatic heterocycles. The normalized spacial score (nSPS) is 11.2. The maximum atomic E-state index is 6.10. The van der Waals surface area contributed by atoms with Gasteiger partial charge in [-0.3, -0.25) is 4.98 Å². The molecule has 0 spiro atoms. The molecule has 0 unspecified atom stereocenters. The predicted molar refractivity (Wildman–Crippen MR) is 65.3 cm³/mol. The van der Waals surface area contributed by atoms with Gasteiger partial charge in [-0.25, -0.2) is 0 Å². The number of para-hydroxylation sites is 1. The van der Waals surface area contributed by atoms with Gasteiger partial charge in [-0.1, -0.05) is 43.6 Å². The molecule has 0 saturated carbocycles.